The highest BCUT2D eigenvalue weighted by Crippen LogP contribution is 2.27. The van der Waals surface area contributed by atoms with E-state index in [0.29, 0.717) is 5.41 Å². The second-order valence-electron chi connectivity index (χ2n) is 5.95. The smallest absolute Gasteiger partial charge is 0.165 e. The molecule has 0 bridgehead atoms. The SMILES string of the molecule is COc1cc(C(N)CCCC(C)(C)C)ccc1F. The van der Waals surface area contributed by atoms with Crippen LogP contribution in [-0.4, -0.2) is 7.11 Å². The van der Waals surface area contributed by atoms with Crippen LogP contribution in [-0.2, 0) is 0 Å². The average Bonchev–Trinajstić information content (AvgIpc) is 2.27. The fourth-order valence-corrected chi connectivity index (χ4v) is 1.93. The molecule has 2 nitrogen and oxygen atoms in total. The average molecular weight is 253 g/mol. The molecule has 1 aromatic rings. The third-order valence-corrected chi connectivity index (χ3v) is 3.05. The molecule has 18 heavy (non-hydrogen) atoms. The first-order chi connectivity index (χ1) is 8.33. The minimum absolute atomic E-state index is 0.0538. The number of rotatable bonds is 5. The van der Waals surface area contributed by atoms with Gasteiger partial charge in [-0.25, -0.2) is 4.39 Å². The Balaban J connectivity index is 2.59. The van der Waals surface area contributed by atoms with Crippen molar-refractivity contribution in [1.29, 1.82) is 0 Å². The predicted molar refractivity (Wildman–Crippen MR) is 73.2 cm³/mol. The molecule has 1 atom stereocenters. The molecule has 1 unspecified atom stereocenters. The highest BCUT2D eigenvalue weighted by molar-refractivity contribution is 5.31. The summed E-state index contributed by atoms with van der Waals surface area (Å²) in [6.45, 7) is 6.67. The zero-order chi connectivity index (χ0) is 13.8. The molecule has 0 aliphatic carbocycles. The van der Waals surface area contributed by atoms with Gasteiger partial charge in [0.2, 0.25) is 0 Å². The highest BCUT2D eigenvalue weighted by Gasteiger charge is 2.13. The largest absolute Gasteiger partial charge is 0.494 e. The molecule has 1 aromatic carbocycles. The van der Waals surface area contributed by atoms with E-state index in [1.165, 1.54) is 13.2 Å². The van der Waals surface area contributed by atoms with Gasteiger partial charge in [-0.3, -0.25) is 0 Å². The van der Waals surface area contributed by atoms with E-state index in [9.17, 15) is 4.39 Å². The van der Waals surface area contributed by atoms with Crippen LogP contribution >= 0.6 is 0 Å². The molecule has 0 spiro atoms. The van der Waals surface area contributed by atoms with Gasteiger partial charge in [0.05, 0.1) is 7.11 Å². The number of hydrogen-bond donors (Lipinski definition) is 1. The van der Waals surface area contributed by atoms with Crippen LogP contribution in [0.25, 0.3) is 0 Å². The van der Waals surface area contributed by atoms with Crippen LogP contribution < -0.4 is 10.5 Å². The van der Waals surface area contributed by atoms with E-state index in [1.807, 2.05) is 0 Å². The Bertz CT molecular complexity index is 385. The van der Waals surface area contributed by atoms with Crippen molar-refractivity contribution in [2.45, 2.75) is 46.1 Å². The summed E-state index contributed by atoms with van der Waals surface area (Å²) in [5, 5.41) is 0. The van der Waals surface area contributed by atoms with Gasteiger partial charge in [0.25, 0.3) is 0 Å². The lowest BCUT2D eigenvalue weighted by Crippen LogP contribution is -2.12. The van der Waals surface area contributed by atoms with E-state index in [1.54, 1.807) is 12.1 Å². The minimum atomic E-state index is -0.344. The van der Waals surface area contributed by atoms with Gasteiger partial charge < -0.3 is 10.5 Å². The zero-order valence-corrected chi connectivity index (χ0v) is 11.8. The van der Waals surface area contributed by atoms with Gasteiger partial charge in [-0.2, -0.15) is 0 Å². The maximum Gasteiger partial charge on any atom is 0.165 e. The molecular formula is C15H24FNO. The molecule has 0 heterocycles. The number of benzene rings is 1. The van der Waals surface area contributed by atoms with E-state index < -0.39 is 0 Å². The molecule has 0 saturated carbocycles. The molecule has 0 fully saturated rings. The van der Waals surface area contributed by atoms with E-state index in [-0.39, 0.29) is 17.6 Å². The molecular weight excluding hydrogens is 229 g/mol. The van der Waals surface area contributed by atoms with Crippen LogP contribution in [0, 0.1) is 11.2 Å². The maximum atomic E-state index is 13.3. The van der Waals surface area contributed by atoms with Crippen molar-refractivity contribution in [3.05, 3.63) is 29.6 Å². The van der Waals surface area contributed by atoms with E-state index in [4.69, 9.17) is 10.5 Å². The second kappa shape index (κ2) is 6.19. The van der Waals surface area contributed by atoms with Crippen LogP contribution in [0.3, 0.4) is 0 Å². The fraction of sp³-hybridized carbons (Fsp3) is 0.600. The van der Waals surface area contributed by atoms with Crippen LogP contribution in [0.1, 0.15) is 51.6 Å². The quantitative estimate of drug-likeness (QED) is 0.859. The summed E-state index contributed by atoms with van der Waals surface area (Å²) in [5.74, 6) is -0.0816. The first kappa shape index (κ1) is 15.0. The van der Waals surface area contributed by atoms with Crippen molar-refractivity contribution in [1.82, 2.24) is 0 Å². The van der Waals surface area contributed by atoms with Gasteiger partial charge in [0, 0.05) is 6.04 Å². The van der Waals surface area contributed by atoms with E-state index >= 15 is 0 Å². The topological polar surface area (TPSA) is 35.2 Å². The van der Waals surface area contributed by atoms with Gasteiger partial charge in [0.15, 0.2) is 11.6 Å². The van der Waals surface area contributed by atoms with Gasteiger partial charge in [-0.15, -0.1) is 0 Å². The third-order valence-electron chi connectivity index (χ3n) is 3.05. The number of nitrogens with two attached hydrogens (primary N) is 1. The molecule has 1 rings (SSSR count). The highest BCUT2D eigenvalue weighted by atomic mass is 19.1. The van der Waals surface area contributed by atoms with Crippen LogP contribution in [0.4, 0.5) is 4.39 Å². The van der Waals surface area contributed by atoms with Crippen molar-refractivity contribution in [2.75, 3.05) is 7.11 Å². The molecule has 0 radical (unpaired) electrons. The summed E-state index contributed by atoms with van der Waals surface area (Å²) >= 11 is 0. The number of ether oxygens (including phenoxy) is 1. The maximum absolute atomic E-state index is 13.3. The number of methoxy groups -OCH3 is 1. The Kier molecular flexibility index (Phi) is 5.15. The zero-order valence-electron chi connectivity index (χ0n) is 11.8. The Morgan fingerprint density at radius 3 is 2.56 bits per heavy atom. The molecule has 0 aliphatic rings. The summed E-state index contributed by atoms with van der Waals surface area (Å²) in [6, 6.07) is 4.79. The summed E-state index contributed by atoms with van der Waals surface area (Å²) in [6.07, 6.45) is 3.12. The third kappa shape index (κ3) is 4.65. The van der Waals surface area contributed by atoms with Crippen molar-refractivity contribution in [2.24, 2.45) is 11.1 Å². The van der Waals surface area contributed by atoms with Gasteiger partial charge in [0.1, 0.15) is 0 Å². The normalized spacial score (nSPS) is 13.4. The molecule has 3 heteroatoms. The Hall–Kier alpha value is -1.09. The fourth-order valence-electron chi connectivity index (χ4n) is 1.93. The molecule has 0 saturated heterocycles. The number of hydrogen-bond acceptors (Lipinski definition) is 2. The lowest BCUT2D eigenvalue weighted by molar-refractivity contribution is 0.352. The molecule has 2 N–H and O–H groups in total. The lowest BCUT2D eigenvalue weighted by atomic mass is 9.88. The molecule has 102 valence electrons. The summed E-state index contributed by atoms with van der Waals surface area (Å²) in [5.41, 5.74) is 7.39. The molecule has 0 aliphatic heterocycles. The van der Waals surface area contributed by atoms with Crippen LogP contribution in [0.15, 0.2) is 18.2 Å². The Morgan fingerprint density at radius 2 is 2.00 bits per heavy atom. The number of halogens is 1. The Labute approximate surface area is 109 Å². The van der Waals surface area contributed by atoms with Crippen LogP contribution in [0.5, 0.6) is 5.75 Å². The monoisotopic (exact) mass is 253 g/mol. The molecule has 0 amide bonds. The summed E-state index contributed by atoms with van der Waals surface area (Å²) in [4.78, 5) is 0. The first-order valence-corrected chi connectivity index (χ1v) is 6.42. The standard InChI is InChI=1S/C15H24FNO/c1-15(2,3)9-5-6-13(17)11-7-8-12(16)14(10-11)18-4/h7-8,10,13H,5-6,9,17H2,1-4H3. The van der Waals surface area contributed by atoms with Gasteiger partial charge in [-0.05, 0) is 36.0 Å². The van der Waals surface area contributed by atoms with Crippen molar-refractivity contribution < 1.29 is 9.13 Å². The summed E-state index contributed by atoms with van der Waals surface area (Å²) < 4.78 is 18.2. The van der Waals surface area contributed by atoms with Crippen molar-refractivity contribution in [3.63, 3.8) is 0 Å². The van der Waals surface area contributed by atoms with Crippen molar-refractivity contribution >= 4 is 0 Å². The lowest BCUT2D eigenvalue weighted by Gasteiger charge is -2.19. The van der Waals surface area contributed by atoms with Crippen molar-refractivity contribution in [3.8, 4) is 5.75 Å². The van der Waals surface area contributed by atoms with Crippen LogP contribution in [0.2, 0.25) is 0 Å². The second-order valence-corrected chi connectivity index (χ2v) is 5.95. The van der Waals surface area contributed by atoms with E-state index in [2.05, 4.69) is 20.8 Å². The minimum Gasteiger partial charge on any atom is -0.494 e. The summed E-state index contributed by atoms with van der Waals surface area (Å²) in [7, 11) is 1.47. The molecule has 0 aromatic heterocycles. The predicted octanol–water partition coefficient (Wildman–Crippen LogP) is 4.05. The van der Waals surface area contributed by atoms with Gasteiger partial charge >= 0.3 is 0 Å². The first-order valence-electron chi connectivity index (χ1n) is 6.42. The van der Waals surface area contributed by atoms with Gasteiger partial charge in [-0.1, -0.05) is 33.3 Å². The Morgan fingerprint density at radius 1 is 1.33 bits per heavy atom. The van der Waals surface area contributed by atoms with E-state index in [0.717, 1.165) is 24.8 Å².